The zero-order valence-corrected chi connectivity index (χ0v) is 20.1. The SMILES string of the molecule is CC(C)CC1NC(=O)C2CC(O)CN2C(=O)C(Cc2ccccc2)NC(=O)C2CC(O)CN2C1=O. The minimum absolute atomic E-state index is 0.0209. The second-order valence-corrected chi connectivity index (χ2v) is 10.2. The molecule has 10 heteroatoms. The van der Waals surface area contributed by atoms with Gasteiger partial charge in [-0.3, -0.25) is 19.2 Å². The van der Waals surface area contributed by atoms with Gasteiger partial charge in [0.1, 0.15) is 24.2 Å². The molecule has 10 nitrogen and oxygen atoms in total. The van der Waals surface area contributed by atoms with Crippen molar-refractivity contribution in [2.24, 2.45) is 5.92 Å². The smallest absolute Gasteiger partial charge is 0.246 e. The Bertz CT molecular complexity index is 970. The standard InChI is InChI=1S/C25H34N4O6/c1-14(2)8-18-24(34)28-12-16(30)11-21(28)23(33)27-19(9-15-6-4-3-5-7-15)25(35)29-13-17(31)10-20(29)22(32)26-18/h3-7,14,16-21,30-31H,8-13H2,1-2H3,(H,26,32)(H,27,33). The number of hydrogen-bond donors (Lipinski definition) is 4. The molecule has 0 radical (unpaired) electrons. The van der Waals surface area contributed by atoms with E-state index in [4.69, 9.17) is 0 Å². The van der Waals surface area contributed by atoms with Gasteiger partial charge in [-0.05, 0) is 17.9 Å². The van der Waals surface area contributed by atoms with Crippen LogP contribution in [0.3, 0.4) is 0 Å². The predicted octanol–water partition coefficient (Wildman–Crippen LogP) is -0.818. The van der Waals surface area contributed by atoms with Crippen LogP contribution in [0.15, 0.2) is 30.3 Å². The summed E-state index contributed by atoms with van der Waals surface area (Å²) in [6.07, 6.45) is -1.13. The number of aliphatic hydroxyl groups is 2. The van der Waals surface area contributed by atoms with Gasteiger partial charge < -0.3 is 30.6 Å². The third-order valence-electron chi connectivity index (χ3n) is 6.95. The number of nitrogens with zero attached hydrogens (tertiary/aromatic N) is 2. The van der Waals surface area contributed by atoms with Crippen LogP contribution >= 0.6 is 0 Å². The van der Waals surface area contributed by atoms with Crippen LogP contribution in [0, 0.1) is 5.92 Å². The van der Waals surface area contributed by atoms with Crippen LogP contribution in [0.5, 0.6) is 0 Å². The van der Waals surface area contributed by atoms with Gasteiger partial charge in [0.05, 0.1) is 12.2 Å². The lowest BCUT2D eigenvalue weighted by molar-refractivity contribution is -0.147. The first-order chi connectivity index (χ1) is 16.6. The quantitative estimate of drug-likeness (QED) is 0.439. The van der Waals surface area contributed by atoms with Crippen molar-refractivity contribution in [3.63, 3.8) is 0 Å². The lowest BCUT2D eigenvalue weighted by atomic mass is 10.00. The molecule has 0 saturated carbocycles. The second-order valence-electron chi connectivity index (χ2n) is 10.2. The van der Waals surface area contributed by atoms with Crippen molar-refractivity contribution < 1.29 is 29.4 Å². The Morgan fingerprint density at radius 1 is 0.829 bits per heavy atom. The van der Waals surface area contributed by atoms with Gasteiger partial charge in [-0.15, -0.1) is 0 Å². The number of carbonyl (C=O) groups excluding carboxylic acids is 4. The highest BCUT2D eigenvalue weighted by Gasteiger charge is 2.47. The number of nitrogens with one attached hydrogen (secondary N) is 2. The molecule has 3 heterocycles. The summed E-state index contributed by atoms with van der Waals surface area (Å²) in [4.78, 5) is 56.5. The van der Waals surface area contributed by atoms with Crippen molar-refractivity contribution in [2.45, 2.75) is 75.9 Å². The summed E-state index contributed by atoms with van der Waals surface area (Å²) in [5, 5.41) is 26.2. The third-order valence-corrected chi connectivity index (χ3v) is 6.95. The second kappa shape index (κ2) is 10.3. The fourth-order valence-electron chi connectivity index (χ4n) is 5.29. The van der Waals surface area contributed by atoms with Gasteiger partial charge in [0.25, 0.3) is 0 Å². The van der Waals surface area contributed by atoms with E-state index in [9.17, 15) is 29.4 Å². The van der Waals surface area contributed by atoms with E-state index in [1.54, 1.807) is 0 Å². The van der Waals surface area contributed by atoms with Crippen molar-refractivity contribution in [1.29, 1.82) is 0 Å². The van der Waals surface area contributed by atoms with E-state index in [1.165, 1.54) is 9.80 Å². The highest BCUT2D eigenvalue weighted by atomic mass is 16.3. The number of fused-ring (bicyclic) bond motifs is 2. The Kier molecular flexibility index (Phi) is 7.42. The zero-order chi connectivity index (χ0) is 25.3. The molecule has 1 aromatic rings. The van der Waals surface area contributed by atoms with Crippen LogP contribution in [0.1, 0.15) is 38.7 Å². The Morgan fingerprint density at radius 3 is 1.83 bits per heavy atom. The molecule has 4 N–H and O–H groups in total. The van der Waals surface area contributed by atoms with E-state index in [0.717, 1.165) is 5.56 Å². The van der Waals surface area contributed by atoms with Gasteiger partial charge in [0, 0.05) is 32.4 Å². The minimum atomic E-state index is -0.994. The van der Waals surface area contributed by atoms with E-state index in [1.807, 2.05) is 44.2 Å². The molecule has 190 valence electrons. The third kappa shape index (κ3) is 5.48. The van der Waals surface area contributed by atoms with E-state index < -0.39 is 60.0 Å². The summed E-state index contributed by atoms with van der Waals surface area (Å²) in [5.74, 6) is -1.85. The van der Waals surface area contributed by atoms with Gasteiger partial charge in [-0.2, -0.15) is 0 Å². The van der Waals surface area contributed by atoms with E-state index in [0.29, 0.717) is 6.42 Å². The van der Waals surface area contributed by atoms with E-state index in [-0.39, 0.29) is 38.3 Å². The fraction of sp³-hybridized carbons (Fsp3) is 0.600. The summed E-state index contributed by atoms with van der Waals surface area (Å²) in [6.45, 7) is 3.78. The normalized spacial score (nSPS) is 32.0. The Hall–Kier alpha value is -2.98. The van der Waals surface area contributed by atoms with Crippen molar-refractivity contribution in [1.82, 2.24) is 20.4 Å². The number of carbonyl (C=O) groups is 4. The maximum atomic E-state index is 13.7. The largest absolute Gasteiger partial charge is 0.391 e. The number of rotatable bonds is 4. The number of aliphatic hydroxyl groups excluding tert-OH is 2. The number of hydrogen-bond acceptors (Lipinski definition) is 6. The van der Waals surface area contributed by atoms with Crippen LogP contribution in [0.25, 0.3) is 0 Å². The average molecular weight is 487 g/mol. The van der Waals surface area contributed by atoms with E-state index in [2.05, 4.69) is 10.6 Å². The van der Waals surface area contributed by atoms with Crippen LogP contribution in [-0.2, 0) is 25.6 Å². The Labute approximate surface area is 204 Å². The first kappa shape index (κ1) is 25.1. The molecule has 3 aliphatic rings. The fourth-order valence-corrected chi connectivity index (χ4v) is 5.29. The molecule has 3 aliphatic heterocycles. The first-order valence-corrected chi connectivity index (χ1v) is 12.3. The van der Waals surface area contributed by atoms with Gasteiger partial charge in [0.15, 0.2) is 0 Å². The van der Waals surface area contributed by atoms with Crippen molar-refractivity contribution in [3.8, 4) is 0 Å². The summed E-state index contributed by atoms with van der Waals surface area (Å²) in [7, 11) is 0. The molecule has 0 aliphatic carbocycles. The molecule has 3 saturated heterocycles. The first-order valence-electron chi connectivity index (χ1n) is 12.3. The molecule has 4 amide bonds. The summed E-state index contributed by atoms with van der Waals surface area (Å²) in [5.41, 5.74) is 0.815. The molecule has 35 heavy (non-hydrogen) atoms. The Balaban J connectivity index is 1.71. The van der Waals surface area contributed by atoms with Crippen LogP contribution in [0.4, 0.5) is 0 Å². The average Bonchev–Trinajstić information content (AvgIpc) is 3.39. The number of benzene rings is 1. The van der Waals surface area contributed by atoms with Crippen molar-refractivity contribution in [2.75, 3.05) is 13.1 Å². The lowest BCUT2D eigenvalue weighted by Gasteiger charge is -2.34. The molecular formula is C25H34N4O6. The maximum Gasteiger partial charge on any atom is 0.246 e. The highest BCUT2D eigenvalue weighted by Crippen LogP contribution is 2.25. The summed E-state index contributed by atoms with van der Waals surface area (Å²) in [6, 6.07) is 5.38. The molecule has 4 rings (SSSR count). The van der Waals surface area contributed by atoms with Crippen LogP contribution < -0.4 is 10.6 Å². The predicted molar refractivity (Wildman–Crippen MR) is 126 cm³/mol. The maximum absolute atomic E-state index is 13.7. The molecule has 0 bridgehead atoms. The van der Waals surface area contributed by atoms with Crippen molar-refractivity contribution in [3.05, 3.63) is 35.9 Å². The lowest BCUT2D eigenvalue weighted by Crippen LogP contribution is -2.61. The monoisotopic (exact) mass is 486 g/mol. The highest BCUT2D eigenvalue weighted by molar-refractivity contribution is 5.98. The topological polar surface area (TPSA) is 139 Å². The molecule has 6 unspecified atom stereocenters. The molecule has 3 fully saturated rings. The van der Waals surface area contributed by atoms with Crippen LogP contribution in [0.2, 0.25) is 0 Å². The zero-order valence-electron chi connectivity index (χ0n) is 20.1. The molecule has 0 spiro atoms. The molecule has 0 aromatic heterocycles. The molecular weight excluding hydrogens is 452 g/mol. The van der Waals surface area contributed by atoms with Gasteiger partial charge >= 0.3 is 0 Å². The Morgan fingerprint density at radius 2 is 1.31 bits per heavy atom. The minimum Gasteiger partial charge on any atom is -0.391 e. The number of amides is 4. The molecule has 6 atom stereocenters. The summed E-state index contributed by atoms with van der Waals surface area (Å²) < 4.78 is 0. The molecule has 1 aromatic carbocycles. The van der Waals surface area contributed by atoms with Gasteiger partial charge in [-0.1, -0.05) is 44.2 Å². The van der Waals surface area contributed by atoms with E-state index >= 15 is 0 Å². The van der Waals surface area contributed by atoms with Crippen molar-refractivity contribution >= 4 is 23.6 Å². The van der Waals surface area contributed by atoms with Gasteiger partial charge in [-0.25, -0.2) is 0 Å². The van der Waals surface area contributed by atoms with Gasteiger partial charge in [0.2, 0.25) is 23.6 Å². The summed E-state index contributed by atoms with van der Waals surface area (Å²) >= 11 is 0. The van der Waals surface area contributed by atoms with Crippen LogP contribution in [-0.4, -0.2) is 93.1 Å².